The van der Waals surface area contributed by atoms with Crippen LogP contribution < -0.4 is 0 Å². The summed E-state index contributed by atoms with van der Waals surface area (Å²) in [6, 6.07) is 27.0. The van der Waals surface area contributed by atoms with Gasteiger partial charge >= 0.3 is 0 Å². The number of hydrogen-bond acceptors (Lipinski definition) is 0. The minimum Gasteiger partial charge on any atom is -0.206 e. The van der Waals surface area contributed by atoms with Crippen molar-refractivity contribution >= 4 is 10.8 Å². The van der Waals surface area contributed by atoms with E-state index >= 15 is 0 Å². The molecule has 4 aromatic carbocycles. The molecule has 0 unspecified atom stereocenters. The average Bonchev–Trinajstić information content (AvgIpc) is 2.88. The molecule has 0 amide bonds. The Labute approximate surface area is 203 Å². The van der Waals surface area contributed by atoms with Crippen LogP contribution in [0, 0.1) is 17.7 Å². The molecule has 4 rings (SSSR count). The number of allylic oxidation sites excluding steroid dienone is 2. The first-order valence-electron chi connectivity index (χ1n) is 12.2. The molecule has 4 aromatic rings. The molecule has 0 aliphatic carbocycles. The van der Waals surface area contributed by atoms with E-state index in [4.69, 9.17) is 0 Å². The zero-order chi connectivity index (χ0) is 23.8. The van der Waals surface area contributed by atoms with E-state index in [1.54, 1.807) is 0 Å². The number of halogens is 1. The van der Waals surface area contributed by atoms with E-state index in [9.17, 15) is 4.39 Å². The SMILES string of the molecule is C/C=C/CCc1ccc2cc(C#Cc3ccc(CCc4ccc(CC)cc4)cc3)ccc2c1F. The first-order chi connectivity index (χ1) is 16.7. The van der Waals surface area contributed by atoms with E-state index in [0.29, 0.717) is 5.39 Å². The van der Waals surface area contributed by atoms with Gasteiger partial charge in [0, 0.05) is 16.5 Å². The maximum absolute atomic E-state index is 14.9. The van der Waals surface area contributed by atoms with Crippen LogP contribution >= 0.6 is 0 Å². The topological polar surface area (TPSA) is 0 Å². The van der Waals surface area contributed by atoms with Crippen LogP contribution in [0.25, 0.3) is 10.8 Å². The van der Waals surface area contributed by atoms with Gasteiger partial charge in [0.05, 0.1) is 0 Å². The van der Waals surface area contributed by atoms with Crippen molar-refractivity contribution < 1.29 is 4.39 Å². The minimum atomic E-state index is -0.113. The molecule has 0 saturated carbocycles. The predicted molar refractivity (Wildman–Crippen MR) is 143 cm³/mol. The molecule has 0 heterocycles. The molecule has 0 radical (unpaired) electrons. The fraction of sp³-hybridized carbons (Fsp3) is 0.212. The predicted octanol–water partition coefficient (Wildman–Crippen LogP) is 8.24. The molecule has 0 aliphatic rings. The zero-order valence-corrected chi connectivity index (χ0v) is 20.1. The third-order valence-electron chi connectivity index (χ3n) is 6.29. The van der Waals surface area contributed by atoms with E-state index < -0.39 is 0 Å². The maximum atomic E-state index is 14.9. The Bertz CT molecular complexity index is 1330. The molecule has 1 heteroatoms. The van der Waals surface area contributed by atoms with Crippen molar-refractivity contribution in [1.82, 2.24) is 0 Å². The van der Waals surface area contributed by atoms with Gasteiger partial charge in [0.25, 0.3) is 0 Å². The second-order valence-electron chi connectivity index (χ2n) is 8.70. The molecule has 0 aromatic heterocycles. The summed E-state index contributed by atoms with van der Waals surface area (Å²) in [6.45, 7) is 4.17. The summed E-state index contributed by atoms with van der Waals surface area (Å²) in [5, 5.41) is 1.55. The van der Waals surface area contributed by atoms with Gasteiger partial charge in [0.2, 0.25) is 0 Å². The first-order valence-corrected chi connectivity index (χ1v) is 12.2. The normalized spacial score (nSPS) is 11.0. The Morgan fingerprint density at radius 2 is 1.32 bits per heavy atom. The Hall–Kier alpha value is -3.63. The van der Waals surface area contributed by atoms with Crippen LogP contribution in [-0.2, 0) is 25.7 Å². The molecule has 0 bridgehead atoms. The summed E-state index contributed by atoms with van der Waals surface area (Å²) >= 11 is 0. The molecule has 0 fully saturated rings. The Morgan fingerprint density at radius 1 is 0.706 bits per heavy atom. The van der Waals surface area contributed by atoms with Gasteiger partial charge in [-0.3, -0.25) is 0 Å². The standard InChI is InChI=1S/C33H31F/c1-3-5-6-7-30-21-22-31-24-29(20-23-32(31)33(30)34)19-18-28-16-14-27(15-17-28)13-12-26-10-8-25(4-2)9-11-26/h3,5,8-11,14-17,20-24H,4,6-7,12-13H2,1-2H3/b5-3+. The Kier molecular flexibility index (Phi) is 7.95. The highest BCUT2D eigenvalue weighted by Gasteiger charge is 2.07. The van der Waals surface area contributed by atoms with E-state index in [1.165, 1.54) is 16.7 Å². The summed E-state index contributed by atoms with van der Waals surface area (Å²) in [5.41, 5.74) is 6.72. The molecular weight excluding hydrogens is 415 g/mol. The second-order valence-corrected chi connectivity index (χ2v) is 8.70. The zero-order valence-electron chi connectivity index (χ0n) is 20.1. The lowest BCUT2D eigenvalue weighted by atomic mass is 10.0. The highest BCUT2D eigenvalue weighted by molar-refractivity contribution is 5.85. The van der Waals surface area contributed by atoms with Crippen molar-refractivity contribution in [2.45, 2.75) is 46.0 Å². The van der Waals surface area contributed by atoms with Crippen LogP contribution in [0.3, 0.4) is 0 Å². The quantitative estimate of drug-likeness (QED) is 0.198. The summed E-state index contributed by atoms with van der Waals surface area (Å²) < 4.78 is 14.9. The van der Waals surface area contributed by atoms with E-state index in [2.05, 4.69) is 73.4 Å². The third-order valence-corrected chi connectivity index (χ3v) is 6.29. The second kappa shape index (κ2) is 11.5. The van der Waals surface area contributed by atoms with Crippen LogP contribution in [0.5, 0.6) is 0 Å². The molecule has 0 nitrogen and oxygen atoms in total. The van der Waals surface area contributed by atoms with Crippen molar-refractivity contribution in [3.8, 4) is 11.8 Å². The van der Waals surface area contributed by atoms with Crippen LogP contribution in [0.15, 0.2) is 91.0 Å². The number of aryl methyl sites for hydroxylation is 4. The van der Waals surface area contributed by atoms with Crippen molar-refractivity contribution in [2.75, 3.05) is 0 Å². The first kappa shape index (κ1) is 23.5. The van der Waals surface area contributed by atoms with Gasteiger partial charge in [-0.2, -0.15) is 0 Å². The fourth-order valence-corrected chi connectivity index (χ4v) is 4.14. The molecule has 0 aliphatic heterocycles. The minimum absolute atomic E-state index is 0.113. The highest BCUT2D eigenvalue weighted by atomic mass is 19.1. The smallest absolute Gasteiger partial charge is 0.134 e. The molecule has 170 valence electrons. The van der Waals surface area contributed by atoms with Crippen LogP contribution in [0.2, 0.25) is 0 Å². The summed E-state index contributed by atoms with van der Waals surface area (Å²) in [7, 11) is 0. The molecule has 0 spiro atoms. The monoisotopic (exact) mass is 446 g/mol. The number of fused-ring (bicyclic) bond motifs is 1. The van der Waals surface area contributed by atoms with Crippen LogP contribution in [0.1, 0.15) is 53.6 Å². The van der Waals surface area contributed by atoms with Gasteiger partial charge < -0.3 is 0 Å². The molecular formula is C33H31F. The fourth-order valence-electron chi connectivity index (χ4n) is 4.14. The molecule has 0 atom stereocenters. The lowest BCUT2D eigenvalue weighted by molar-refractivity contribution is 0.621. The number of benzene rings is 4. The van der Waals surface area contributed by atoms with Crippen molar-refractivity contribution in [2.24, 2.45) is 0 Å². The lowest BCUT2D eigenvalue weighted by Crippen LogP contribution is -1.92. The third kappa shape index (κ3) is 6.03. The van der Waals surface area contributed by atoms with Gasteiger partial charge in [0.15, 0.2) is 0 Å². The van der Waals surface area contributed by atoms with Crippen molar-refractivity contribution in [3.05, 3.63) is 130 Å². The maximum Gasteiger partial charge on any atom is 0.134 e. The number of rotatable bonds is 7. The van der Waals surface area contributed by atoms with Crippen molar-refractivity contribution in [3.63, 3.8) is 0 Å². The highest BCUT2D eigenvalue weighted by Crippen LogP contribution is 2.23. The van der Waals surface area contributed by atoms with Gasteiger partial charge in [-0.25, -0.2) is 4.39 Å². The number of hydrogen-bond donors (Lipinski definition) is 0. The largest absolute Gasteiger partial charge is 0.206 e. The van der Waals surface area contributed by atoms with E-state index in [1.807, 2.05) is 43.3 Å². The summed E-state index contributed by atoms with van der Waals surface area (Å²) in [4.78, 5) is 0. The average molecular weight is 447 g/mol. The summed E-state index contributed by atoms with van der Waals surface area (Å²) in [5.74, 6) is 6.37. The molecule has 34 heavy (non-hydrogen) atoms. The molecule has 0 saturated heterocycles. The van der Waals surface area contributed by atoms with Gasteiger partial charge in [-0.15, -0.1) is 0 Å². The van der Waals surface area contributed by atoms with Crippen LogP contribution in [0.4, 0.5) is 4.39 Å². The molecule has 0 N–H and O–H groups in total. The van der Waals surface area contributed by atoms with E-state index in [-0.39, 0.29) is 5.82 Å². The lowest BCUT2D eigenvalue weighted by Gasteiger charge is -2.06. The Balaban J connectivity index is 1.41. The summed E-state index contributed by atoms with van der Waals surface area (Å²) in [6.07, 6.45) is 8.79. The Morgan fingerprint density at radius 3 is 2.00 bits per heavy atom. The van der Waals surface area contributed by atoms with Gasteiger partial charge in [0.1, 0.15) is 5.82 Å². The van der Waals surface area contributed by atoms with E-state index in [0.717, 1.165) is 54.2 Å². The van der Waals surface area contributed by atoms with Crippen LogP contribution in [-0.4, -0.2) is 0 Å². The van der Waals surface area contributed by atoms with Crippen molar-refractivity contribution in [1.29, 1.82) is 0 Å². The van der Waals surface area contributed by atoms with Gasteiger partial charge in [-0.1, -0.05) is 85.5 Å². The van der Waals surface area contributed by atoms with Gasteiger partial charge in [-0.05, 0) is 90.9 Å².